The zero-order valence-corrected chi connectivity index (χ0v) is 19.1. The Balaban J connectivity index is 1.32. The van der Waals surface area contributed by atoms with Crippen LogP contribution in [0.1, 0.15) is 25.1 Å². The second kappa shape index (κ2) is 9.99. The number of ether oxygens (including phenoxy) is 1. The summed E-state index contributed by atoms with van der Waals surface area (Å²) < 4.78 is 7.13. The van der Waals surface area contributed by atoms with E-state index in [2.05, 4.69) is 32.7 Å². The molecule has 1 aliphatic heterocycles. The first-order valence-corrected chi connectivity index (χ1v) is 11.0. The van der Waals surface area contributed by atoms with Crippen LogP contribution in [0.3, 0.4) is 0 Å². The Hall–Kier alpha value is -3.46. The van der Waals surface area contributed by atoms with Crippen molar-refractivity contribution < 1.29 is 9.53 Å². The number of carbonyl (C=O) groups is 1. The van der Waals surface area contributed by atoms with Crippen LogP contribution in [-0.4, -0.2) is 43.6 Å². The van der Waals surface area contributed by atoms with E-state index >= 15 is 0 Å². The molecule has 2 aromatic heterocycles. The average molecular weight is 483 g/mol. The fourth-order valence-electron chi connectivity index (χ4n) is 3.54. The lowest BCUT2D eigenvalue weighted by molar-refractivity contribution is 0.131. The molecule has 4 rings (SSSR count). The molecule has 0 atom stereocenters. The Morgan fingerprint density at radius 2 is 2.03 bits per heavy atom. The van der Waals surface area contributed by atoms with Gasteiger partial charge in [-0.3, -0.25) is 0 Å². The Morgan fingerprint density at radius 3 is 2.76 bits per heavy atom. The minimum absolute atomic E-state index is 0.272. The summed E-state index contributed by atoms with van der Waals surface area (Å²) in [5, 5.41) is 0.745. The quantitative estimate of drug-likeness (QED) is 0.566. The van der Waals surface area contributed by atoms with Crippen LogP contribution in [0, 0.1) is 30.1 Å². The van der Waals surface area contributed by atoms with Gasteiger partial charge in [-0.1, -0.05) is 35.0 Å². The first-order chi connectivity index (χ1) is 15.9. The van der Waals surface area contributed by atoms with E-state index < -0.39 is 6.09 Å². The summed E-state index contributed by atoms with van der Waals surface area (Å²) in [6.45, 7) is 1.52. The first-order valence-electron chi connectivity index (χ1n) is 10.3. The number of nitrogen functional groups attached to an aromatic ring is 1. The van der Waals surface area contributed by atoms with Crippen molar-refractivity contribution >= 4 is 46.3 Å². The molecule has 0 saturated carbocycles. The number of hydrogen-bond acceptors (Lipinski definition) is 6. The summed E-state index contributed by atoms with van der Waals surface area (Å²) in [6.07, 6.45) is 8.88. The van der Waals surface area contributed by atoms with Crippen molar-refractivity contribution in [3.05, 3.63) is 40.4 Å². The third-order valence-corrected chi connectivity index (χ3v) is 6.05. The van der Waals surface area contributed by atoms with E-state index in [1.165, 1.54) is 6.07 Å². The van der Waals surface area contributed by atoms with Crippen LogP contribution in [0.25, 0.3) is 11.2 Å². The lowest BCUT2D eigenvalue weighted by Gasteiger charge is -2.30. The summed E-state index contributed by atoms with van der Waals surface area (Å²) in [6, 6.07) is 4.73. The van der Waals surface area contributed by atoms with E-state index in [0.717, 1.165) is 12.8 Å². The van der Waals surface area contributed by atoms with Gasteiger partial charge in [0.15, 0.2) is 11.5 Å². The summed E-state index contributed by atoms with van der Waals surface area (Å²) in [5.41, 5.74) is 7.06. The molecule has 10 heteroatoms. The number of fused-ring (bicyclic) bond motifs is 1. The van der Waals surface area contributed by atoms with Crippen LogP contribution in [-0.2, 0) is 6.54 Å². The molecule has 0 bridgehead atoms. The molecule has 1 saturated heterocycles. The van der Waals surface area contributed by atoms with E-state index in [0.29, 0.717) is 64.8 Å². The number of hydrogen-bond donors (Lipinski definition) is 1. The topological polar surface area (TPSA) is 99.2 Å². The zero-order chi connectivity index (χ0) is 23.4. The number of anilines is 1. The lowest BCUT2D eigenvalue weighted by atomic mass is 9.94. The van der Waals surface area contributed by atoms with Gasteiger partial charge in [-0.15, -0.1) is 6.42 Å². The second-order valence-corrected chi connectivity index (χ2v) is 8.38. The van der Waals surface area contributed by atoms with Crippen LogP contribution in [0.4, 0.5) is 10.6 Å². The van der Waals surface area contributed by atoms with Crippen LogP contribution >= 0.6 is 23.2 Å². The standard InChI is InChI=1S/C23H20Cl2N6O2/c1-2-10-31-14-27-20-21(26)28-19(29-22(20)31)5-3-4-15-8-11-30(12-9-15)23(32)33-16-6-7-17(24)18(25)13-16/h1,6-7,13-15H,4,8-12H2,(H2,26,28,29). The highest BCUT2D eigenvalue weighted by Gasteiger charge is 2.24. The molecule has 8 nitrogen and oxygen atoms in total. The Kier molecular flexibility index (Phi) is 6.88. The highest BCUT2D eigenvalue weighted by atomic mass is 35.5. The van der Waals surface area contributed by atoms with E-state index in [4.69, 9.17) is 40.1 Å². The molecule has 1 aliphatic rings. The lowest BCUT2D eigenvalue weighted by Crippen LogP contribution is -2.40. The van der Waals surface area contributed by atoms with Crippen LogP contribution in [0.5, 0.6) is 5.75 Å². The van der Waals surface area contributed by atoms with E-state index in [1.807, 2.05) is 0 Å². The van der Waals surface area contributed by atoms with E-state index in [-0.39, 0.29) is 5.82 Å². The molecule has 2 N–H and O–H groups in total. The number of piperidine rings is 1. The normalized spacial score (nSPS) is 13.9. The van der Waals surface area contributed by atoms with E-state index in [9.17, 15) is 4.79 Å². The first kappa shape index (κ1) is 22.7. The van der Waals surface area contributed by atoms with Crippen LogP contribution in [0.2, 0.25) is 10.0 Å². The van der Waals surface area contributed by atoms with Gasteiger partial charge < -0.3 is 19.9 Å². The third-order valence-electron chi connectivity index (χ3n) is 5.31. The van der Waals surface area contributed by atoms with Gasteiger partial charge in [0.1, 0.15) is 11.3 Å². The van der Waals surface area contributed by atoms with Gasteiger partial charge >= 0.3 is 6.09 Å². The molecule has 3 heterocycles. The van der Waals surface area contributed by atoms with Crippen LogP contribution in [0.15, 0.2) is 24.5 Å². The van der Waals surface area contributed by atoms with Gasteiger partial charge in [-0.25, -0.2) is 19.7 Å². The molecular formula is C23H20Cl2N6O2. The average Bonchev–Trinajstić information content (AvgIpc) is 3.20. The largest absolute Gasteiger partial charge is 0.415 e. The number of aromatic nitrogens is 4. The molecule has 0 spiro atoms. The number of amides is 1. The summed E-state index contributed by atoms with van der Waals surface area (Å²) in [5.74, 6) is 10.0. The number of carbonyl (C=O) groups excluding carboxylic acids is 1. The molecule has 0 aliphatic carbocycles. The van der Waals surface area contributed by atoms with Crippen molar-refractivity contribution in [3.63, 3.8) is 0 Å². The summed E-state index contributed by atoms with van der Waals surface area (Å²) in [4.78, 5) is 27.0. The van der Waals surface area contributed by atoms with Crippen molar-refractivity contribution in [2.45, 2.75) is 25.8 Å². The predicted octanol–water partition coefficient (Wildman–Crippen LogP) is 4.00. The summed E-state index contributed by atoms with van der Waals surface area (Å²) >= 11 is 11.9. The number of nitrogens with zero attached hydrogens (tertiary/aromatic N) is 5. The molecule has 1 aromatic carbocycles. The minimum Gasteiger partial charge on any atom is -0.410 e. The van der Waals surface area contributed by atoms with Gasteiger partial charge in [-0.05, 0) is 36.8 Å². The number of benzene rings is 1. The molecule has 3 aromatic rings. The van der Waals surface area contributed by atoms with Crippen molar-refractivity contribution in [2.24, 2.45) is 5.92 Å². The van der Waals surface area contributed by atoms with Gasteiger partial charge in [0.05, 0.1) is 22.9 Å². The minimum atomic E-state index is -0.404. The number of halogens is 2. The van der Waals surface area contributed by atoms with Gasteiger partial charge in [-0.2, -0.15) is 0 Å². The third kappa shape index (κ3) is 5.31. The maximum Gasteiger partial charge on any atom is 0.415 e. The molecule has 168 valence electrons. The smallest absolute Gasteiger partial charge is 0.410 e. The SMILES string of the molecule is C#CCn1cnc2c(N)nc(C#CCC3CCN(C(=O)Oc4ccc(Cl)c(Cl)c4)CC3)nc21. The molecule has 0 radical (unpaired) electrons. The number of terminal acetylenes is 1. The van der Waals surface area contributed by atoms with E-state index in [1.54, 1.807) is 27.9 Å². The van der Waals surface area contributed by atoms with Crippen LogP contribution < -0.4 is 10.5 Å². The monoisotopic (exact) mass is 482 g/mol. The number of rotatable bonds is 3. The number of nitrogens with two attached hydrogens (primary N) is 1. The number of imidazole rings is 1. The molecule has 1 amide bonds. The van der Waals surface area contributed by atoms with Crippen molar-refractivity contribution in [3.8, 4) is 29.9 Å². The fourth-order valence-corrected chi connectivity index (χ4v) is 3.82. The highest BCUT2D eigenvalue weighted by molar-refractivity contribution is 6.42. The van der Waals surface area contributed by atoms with Crippen molar-refractivity contribution in [2.75, 3.05) is 18.8 Å². The van der Waals surface area contributed by atoms with Gasteiger partial charge in [0.2, 0.25) is 5.82 Å². The maximum absolute atomic E-state index is 12.4. The maximum atomic E-state index is 12.4. The summed E-state index contributed by atoms with van der Waals surface area (Å²) in [7, 11) is 0. The Labute approximate surface area is 201 Å². The molecule has 1 fully saturated rings. The van der Waals surface area contributed by atoms with Gasteiger partial charge in [0, 0.05) is 25.6 Å². The molecule has 33 heavy (non-hydrogen) atoms. The Bertz CT molecular complexity index is 1300. The predicted molar refractivity (Wildman–Crippen MR) is 127 cm³/mol. The molecular weight excluding hydrogens is 463 g/mol. The Morgan fingerprint density at radius 1 is 1.24 bits per heavy atom. The van der Waals surface area contributed by atoms with Crippen molar-refractivity contribution in [1.82, 2.24) is 24.4 Å². The molecule has 0 unspecified atom stereocenters. The zero-order valence-electron chi connectivity index (χ0n) is 17.6. The number of likely N-dealkylation sites (tertiary alicyclic amines) is 1. The van der Waals surface area contributed by atoms with Gasteiger partial charge in [0.25, 0.3) is 0 Å². The van der Waals surface area contributed by atoms with Crippen molar-refractivity contribution in [1.29, 1.82) is 0 Å². The second-order valence-electron chi connectivity index (χ2n) is 7.56. The fraction of sp³-hybridized carbons (Fsp3) is 0.304. The highest BCUT2D eigenvalue weighted by Crippen LogP contribution is 2.27.